The maximum absolute atomic E-state index is 13.7. The summed E-state index contributed by atoms with van der Waals surface area (Å²) in [6, 6.07) is 40.8. The lowest BCUT2D eigenvalue weighted by atomic mass is 10.1. The van der Waals surface area contributed by atoms with Gasteiger partial charge in [0.1, 0.15) is 65.9 Å². The smallest absolute Gasteiger partial charge is 0.433 e. The third kappa shape index (κ3) is 24.4. The normalized spacial score (nSPS) is 11.1. The zero-order chi connectivity index (χ0) is 86.6. The summed E-state index contributed by atoms with van der Waals surface area (Å²) in [6.45, 7) is 1.90. The lowest BCUT2D eigenvalue weighted by Gasteiger charge is -2.23. The molecule has 12 N–H and O–H groups in total. The first-order valence-electron chi connectivity index (χ1n) is 38.1. The molecule has 0 spiro atoms. The van der Waals surface area contributed by atoms with Gasteiger partial charge in [0.05, 0.1) is 45.4 Å². The number of aromatic hydroxyl groups is 6. The molecule has 628 valence electrons. The average Bonchev–Trinajstić information content (AvgIpc) is 1.79. The molecule has 0 saturated heterocycles. The maximum Gasteiger partial charge on any atom is 0.433 e. The van der Waals surface area contributed by atoms with Crippen LogP contribution in [0.25, 0.3) is 67.3 Å². The molecule has 0 aliphatic heterocycles. The predicted molar refractivity (Wildman–Crippen MR) is 452 cm³/mol. The van der Waals surface area contributed by atoms with Crippen molar-refractivity contribution in [2.75, 3.05) is 63.0 Å². The van der Waals surface area contributed by atoms with Gasteiger partial charge in [0.25, 0.3) is 23.6 Å². The molecule has 36 nitrogen and oxygen atoms in total. The summed E-state index contributed by atoms with van der Waals surface area (Å²) < 4.78 is 10.3. The van der Waals surface area contributed by atoms with Crippen LogP contribution < -0.4 is 31.9 Å². The highest BCUT2D eigenvalue weighted by molar-refractivity contribution is 7.13. The highest BCUT2D eigenvalue weighted by Gasteiger charge is 2.24. The molecule has 0 fully saturated rings. The highest BCUT2D eigenvalue weighted by Crippen LogP contribution is 2.35. The monoisotopic (exact) mass is 1700 g/mol. The van der Waals surface area contributed by atoms with Gasteiger partial charge >= 0.3 is 11.8 Å². The third-order valence-corrected chi connectivity index (χ3v) is 20.0. The molecule has 6 aromatic heterocycles. The lowest BCUT2D eigenvalue weighted by molar-refractivity contribution is -0.402. The van der Waals surface area contributed by atoms with Crippen molar-refractivity contribution in [3.63, 3.8) is 0 Å². The van der Waals surface area contributed by atoms with Crippen molar-refractivity contribution in [1.29, 1.82) is 0 Å². The minimum Gasteiger partial charge on any atom is -0.507 e. The van der Waals surface area contributed by atoms with Crippen molar-refractivity contribution in [2.24, 2.45) is 0 Å². The fourth-order valence-electron chi connectivity index (χ4n) is 12.1. The molecule has 12 rings (SSSR count). The summed E-state index contributed by atoms with van der Waals surface area (Å²) in [5, 5.41) is 104. The molecule has 0 unspecified atom stereocenters. The van der Waals surface area contributed by atoms with Crippen LogP contribution in [0.4, 0.5) is 23.4 Å². The van der Waals surface area contributed by atoms with Crippen LogP contribution in [0.1, 0.15) is 129 Å². The number of carbonyl (C=O) groups excluding carboxylic acids is 8. The first kappa shape index (κ1) is 87.5. The van der Waals surface area contributed by atoms with E-state index in [0.717, 1.165) is 0 Å². The Balaban J connectivity index is 0.000000240. The maximum atomic E-state index is 13.7. The van der Waals surface area contributed by atoms with E-state index in [-0.39, 0.29) is 151 Å². The van der Waals surface area contributed by atoms with E-state index in [9.17, 15) is 89.2 Å². The van der Waals surface area contributed by atoms with E-state index in [4.69, 9.17) is 8.83 Å². The summed E-state index contributed by atoms with van der Waals surface area (Å²) in [5.41, 5.74) is 2.32. The summed E-state index contributed by atoms with van der Waals surface area (Å²) in [6.07, 6.45) is 7.87. The van der Waals surface area contributed by atoms with Crippen LogP contribution >= 0.6 is 22.7 Å². The Hall–Kier alpha value is -15.3. The number of phenols is 6. The Morgan fingerprint density at radius 1 is 0.393 bits per heavy atom. The second kappa shape index (κ2) is 42.7. The number of furan rings is 2. The number of nitrogens with zero attached hydrogens (tertiary/aromatic N) is 10. The molecule has 0 bridgehead atoms. The number of aromatic nitrogens is 6. The summed E-state index contributed by atoms with van der Waals surface area (Å²) in [7, 11) is 0. The second-order valence-electron chi connectivity index (χ2n) is 26.9. The third-order valence-electron chi connectivity index (χ3n) is 18.3. The van der Waals surface area contributed by atoms with Crippen LogP contribution in [0, 0.1) is 20.2 Å². The fourth-order valence-corrected chi connectivity index (χ4v) is 13.8. The minimum absolute atomic E-state index is 0.0568. The van der Waals surface area contributed by atoms with E-state index in [0.29, 0.717) is 94.6 Å². The molecular weight excluding hydrogens is 1620 g/mol. The number of nitro groups is 2. The SMILES string of the molecule is O=C(CCC(=O)N(CCCCNC(=O)c1cccc(O)c1O)CCCNC(=O)c1cccc(O)c1O)Nc1nc(/C=C/c2ccc([N+](=O)[O-])o2)nc2ccccc12.O=C(CCC(=O)N(CCCCNC(=O)c1csc(-c2ccccc2O)n1)CCCNC(=O)c1csc(-c2ccccc2O)n1)Nc1nc(/C=C/c2ccc([N+](=O)[O-])o2)nc2ccccc12. The van der Waals surface area contributed by atoms with E-state index >= 15 is 0 Å². The van der Waals surface area contributed by atoms with Gasteiger partial charge in [-0.25, -0.2) is 29.9 Å². The minimum atomic E-state index is -0.661. The van der Waals surface area contributed by atoms with E-state index in [1.165, 1.54) is 113 Å². The zero-order valence-corrected chi connectivity index (χ0v) is 66.5. The van der Waals surface area contributed by atoms with E-state index in [1.54, 1.807) is 113 Å². The highest BCUT2D eigenvalue weighted by atomic mass is 32.1. The van der Waals surface area contributed by atoms with E-state index in [1.807, 2.05) is 0 Å². The number of phenolic OH excluding ortho intramolecular Hbond substituents is 6. The van der Waals surface area contributed by atoms with Gasteiger partial charge in [-0.1, -0.05) is 60.7 Å². The van der Waals surface area contributed by atoms with Crippen LogP contribution in [0.5, 0.6) is 34.5 Å². The Labute approximate surface area is 701 Å². The number of thiazole rings is 2. The number of nitrogens with one attached hydrogen (secondary N) is 6. The molecule has 0 aliphatic carbocycles. The molecule has 6 aromatic carbocycles. The van der Waals surface area contributed by atoms with E-state index < -0.39 is 74.1 Å². The number of anilines is 2. The van der Waals surface area contributed by atoms with Crippen LogP contribution in [0.2, 0.25) is 0 Å². The molecule has 0 radical (unpaired) electrons. The number of hydrogen-bond donors (Lipinski definition) is 12. The van der Waals surface area contributed by atoms with Gasteiger partial charge in [0, 0.05) is 99.6 Å². The predicted octanol–water partition coefficient (Wildman–Crippen LogP) is 12.2. The van der Waals surface area contributed by atoms with Gasteiger partial charge < -0.3 is 81.2 Å². The number of amides is 8. The van der Waals surface area contributed by atoms with Crippen molar-refractivity contribution in [1.82, 2.24) is 61.0 Å². The van der Waals surface area contributed by atoms with Gasteiger partial charge in [0.2, 0.25) is 23.6 Å². The lowest BCUT2D eigenvalue weighted by Crippen LogP contribution is -2.36. The van der Waals surface area contributed by atoms with Crippen molar-refractivity contribution in [3.05, 3.63) is 234 Å². The molecule has 38 heteroatoms. The van der Waals surface area contributed by atoms with Crippen molar-refractivity contribution in [2.45, 2.75) is 64.2 Å². The van der Waals surface area contributed by atoms with Crippen molar-refractivity contribution in [3.8, 4) is 55.6 Å². The molecule has 0 aliphatic rings. The quantitative estimate of drug-likeness (QED) is 0.00740. The average molecular weight is 1700 g/mol. The van der Waals surface area contributed by atoms with E-state index in [2.05, 4.69) is 61.8 Å². The van der Waals surface area contributed by atoms with Gasteiger partial charge in [0.15, 0.2) is 34.6 Å². The second-order valence-corrected chi connectivity index (χ2v) is 28.6. The number of fused-ring (bicyclic) bond motifs is 2. The number of unbranched alkanes of at least 4 members (excludes halogenated alkanes) is 2. The van der Waals surface area contributed by atoms with Crippen molar-refractivity contribution >= 4 is 139 Å². The van der Waals surface area contributed by atoms with Gasteiger partial charge in [-0.2, -0.15) is 0 Å². The Morgan fingerprint density at radius 3 is 1.16 bits per heavy atom. The fraction of sp³-hybridized carbons (Fsp3) is 0.214. The number of benzene rings is 6. The molecule has 6 heterocycles. The Morgan fingerprint density at radius 2 is 0.762 bits per heavy atom. The van der Waals surface area contributed by atoms with Crippen LogP contribution in [-0.2, 0) is 19.2 Å². The molecule has 122 heavy (non-hydrogen) atoms. The largest absolute Gasteiger partial charge is 0.507 e. The van der Waals surface area contributed by atoms with Crippen LogP contribution in [0.3, 0.4) is 0 Å². The first-order valence-corrected chi connectivity index (χ1v) is 39.8. The van der Waals surface area contributed by atoms with Crippen LogP contribution in [-0.4, -0.2) is 180 Å². The molecule has 0 atom stereocenters. The Kier molecular flexibility index (Phi) is 30.6. The number of para-hydroxylation sites is 6. The summed E-state index contributed by atoms with van der Waals surface area (Å²) in [5.74, 6) is -5.03. The van der Waals surface area contributed by atoms with Gasteiger partial charge in [-0.3, -0.25) is 58.6 Å². The standard InChI is InChI=1S/C45H41N9O9S2.C39H39N7O11/c55-35-14-5-2-11-30(35)44-49-33(26-64-44)42(59)46-22-7-8-24-53(25-9-23-47-43(60)34-27-65-45(50-34)31-12-3-6-15-36(31)56)39(58)20-19-38(57)52-41-29-10-1-4-13-32(29)48-37(51-41)18-16-28-17-21-40(63-28)54(61)62;47-29-12-5-9-26(35(29)51)38(53)40-20-3-4-22-45(23-7-21-41-39(54)27-10-6-13-30(48)36(27)52)33(50)18-17-32(49)44-37-25-8-1-2-11-28(25)42-31(43-37)16-14-24-15-19-34(57-24)46(55)56/h1-6,10-18,21,26-27,55-56H,7-9,19-20,22-25H2,(H,46,59)(H,47,60)(H,48,51,52,57);1-2,5-6,8-16,19,47-48,51-52H,3-4,7,17-18,20-23H2,(H,40,53)(H,41,54)(H,42,43,44,49)/b18-16+;16-14+. The summed E-state index contributed by atoms with van der Waals surface area (Å²) in [4.78, 5) is 155. The topological polar surface area (TPSA) is 526 Å². The molecule has 0 saturated carbocycles. The van der Waals surface area contributed by atoms with Gasteiger partial charge in [-0.05, 0) is 148 Å². The van der Waals surface area contributed by atoms with Crippen LogP contribution in [0.15, 0.2) is 177 Å². The molecular formula is C84H80N16O20S2. The van der Waals surface area contributed by atoms with Gasteiger partial charge in [-0.15, -0.1) is 22.7 Å². The zero-order valence-electron chi connectivity index (χ0n) is 64.9. The van der Waals surface area contributed by atoms with Crippen molar-refractivity contribution < 1.29 is 87.7 Å². The summed E-state index contributed by atoms with van der Waals surface area (Å²) >= 11 is 2.48. The Bertz CT molecular complexity index is 5890. The molecule has 12 aromatic rings. The molecule has 8 amide bonds. The number of carbonyl (C=O) groups is 8. The first-order chi connectivity index (χ1) is 58.9. The number of hydrogen-bond acceptors (Lipinski definition) is 28. The number of rotatable bonds is 38.